The van der Waals surface area contributed by atoms with Crippen LogP contribution in [-0.4, -0.2) is 19.9 Å². The van der Waals surface area contributed by atoms with E-state index in [0.717, 1.165) is 33.5 Å². The number of nitrogens with zero attached hydrogens (tertiary/aromatic N) is 4. The number of hydrogen-bond donors (Lipinski definition) is 0. The Morgan fingerprint density at radius 2 is 2.05 bits per heavy atom. The zero-order valence-electron chi connectivity index (χ0n) is 10.6. The van der Waals surface area contributed by atoms with Crippen LogP contribution in [-0.2, 0) is 6.42 Å². The fraction of sp³-hybridized carbons (Fsp3) is 0.231. The van der Waals surface area contributed by atoms with E-state index in [2.05, 4.69) is 25.3 Å². The van der Waals surface area contributed by atoms with Crippen molar-refractivity contribution in [2.24, 2.45) is 0 Å². The molecule has 3 aromatic rings. The summed E-state index contributed by atoms with van der Waals surface area (Å²) in [6, 6.07) is 0. The van der Waals surface area contributed by atoms with Crippen LogP contribution < -0.4 is 0 Å². The van der Waals surface area contributed by atoms with E-state index in [4.69, 9.17) is 0 Å². The number of hydrogen-bond acceptors (Lipinski definition) is 6. The molecule has 3 aromatic heterocycles. The fourth-order valence-corrected chi connectivity index (χ4v) is 3.60. The quantitative estimate of drug-likeness (QED) is 0.742. The Hall–Kier alpha value is -1.66. The summed E-state index contributed by atoms with van der Waals surface area (Å²) < 4.78 is 0. The normalized spacial score (nSPS) is 10.8. The molecule has 19 heavy (non-hydrogen) atoms. The molecule has 3 heterocycles. The van der Waals surface area contributed by atoms with Crippen molar-refractivity contribution in [3.63, 3.8) is 0 Å². The third-order valence-corrected chi connectivity index (χ3v) is 4.58. The Balaban J connectivity index is 1.86. The van der Waals surface area contributed by atoms with Crippen molar-refractivity contribution in [3.8, 4) is 10.6 Å². The van der Waals surface area contributed by atoms with Crippen molar-refractivity contribution < 1.29 is 0 Å². The highest BCUT2D eigenvalue weighted by Gasteiger charge is 2.11. The minimum atomic E-state index is 0.731. The minimum Gasteiger partial charge on any atom is -0.261 e. The molecule has 0 saturated carbocycles. The maximum absolute atomic E-state index is 4.67. The maximum atomic E-state index is 4.67. The third kappa shape index (κ3) is 2.69. The molecule has 0 radical (unpaired) electrons. The lowest BCUT2D eigenvalue weighted by molar-refractivity contribution is 1.02. The molecule has 0 spiro atoms. The highest BCUT2D eigenvalue weighted by molar-refractivity contribution is 7.15. The van der Waals surface area contributed by atoms with Crippen LogP contribution in [0.15, 0.2) is 24.0 Å². The molecule has 0 saturated heterocycles. The molecule has 4 nitrogen and oxygen atoms in total. The highest BCUT2D eigenvalue weighted by atomic mass is 32.1. The first kappa shape index (κ1) is 12.4. The monoisotopic (exact) mass is 288 g/mol. The smallest absolute Gasteiger partial charge is 0.0993 e. The molecule has 0 bridgehead atoms. The van der Waals surface area contributed by atoms with Crippen LogP contribution in [0.1, 0.15) is 21.4 Å². The molecule has 0 atom stereocenters. The summed E-state index contributed by atoms with van der Waals surface area (Å²) in [5.41, 5.74) is 3.02. The van der Waals surface area contributed by atoms with Crippen molar-refractivity contribution >= 4 is 22.7 Å². The minimum absolute atomic E-state index is 0.731. The van der Waals surface area contributed by atoms with E-state index in [0.29, 0.717) is 0 Å². The molecule has 0 aliphatic carbocycles. The zero-order valence-corrected chi connectivity index (χ0v) is 12.3. The van der Waals surface area contributed by atoms with Gasteiger partial charge in [-0.05, 0) is 13.8 Å². The van der Waals surface area contributed by atoms with Crippen LogP contribution in [0.4, 0.5) is 0 Å². The largest absolute Gasteiger partial charge is 0.261 e. The van der Waals surface area contributed by atoms with Crippen molar-refractivity contribution in [1.29, 1.82) is 0 Å². The summed E-state index contributed by atoms with van der Waals surface area (Å²) >= 11 is 3.35. The summed E-state index contributed by atoms with van der Waals surface area (Å²) in [5.74, 6) is 0. The molecule has 0 fully saturated rings. The van der Waals surface area contributed by atoms with Gasteiger partial charge >= 0.3 is 0 Å². The standard InChI is InChI=1S/C13H12N4S2/c1-8-13(19-9(2)16-8)11-7-18-12(17-11)5-10-6-14-3-4-15-10/h3-4,6-7H,5H2,1-2H3. The number of aryl methyl sites for hydroxylation is 2. The Bertz CT molecular complexity index is 688. The van der Waals surface area contributed by atoms with Gasteiger partial charge in [-0.3, -0.25) is 9.97 Å². The highest BCUT2D eigenvalue weighted by Crippen LogP contribution is 2.30. The van der Waals surface area contributed by atoms with E-state index < -0.39 is 0 Å². The Kier molecular flexibility index (Phi) is 3.35. The molecule has 6 heteroatoms. The molecule has 0 unspecified atom stereocenters. The number of thiazole rings is 2. The van der Waals surface area contributed by atoms with Crippen LogP contribution in [0.25, 0.3) is 10.6 Å². The van der Waals surface area contributed by atoms with Crippen molar-refractivity contribution in [3.05, 3.63) is 45.4 Å². The second-order valence-electron chi connectivity index (χ2n) is 4.15. The third-order valence-electron chi connectivity index (χ3n) is 2.64. The van der Waals surface area contributed by atoms with Gasteiger partial charge in [-0.25, -0.2) is 9.97 Å². The second-order valence-corrected chi connectivity index (χ2v) is 6.29. The van der Waals surface area contributed by atoms with Gasteiger partial charge in [0.2, 0.25) is 0 Å². The molecule has 0 aliphatic rings. The van der Waals surface area contributed by atoms with Crippen LogP contribution in [0, 0.1) is 13.8 Å². The molecule has 0 amide bonds. The van der Waals surface area contributed by atoms with Gasteiger partial charge in [0.05, 0.1) is 32.0 Å². The van der Waals surface area contributed by atoms with Crippen molar-refractivity contribution in [2.45, 2.75) is 20.3 Å². The van der Waals surface area contributed by atoms with E-state index >= 15 is 0 Å². The summed E-state index contributed by atoms with van der Waals surface area (Å²) in [7, 11) is 0. The van der Waals surface area contributed by atoms with Gasteiger partial charge in [-0.1, -0.05) is 0 Å². The van der Waals surface area contributed by atoms with Crippen LogP contribution in [0.3, 0.4) is 0 Å². The van der Waals surface area contributed by atoms with Crippen molar-refractivity contribution in [2.75, 3.05) is 0 Å². The Morgan fingerprint density at radius 3 is 2.74 bits per heavy atom. The van der Waals surface area contributed by atoms with Crippen LogP contribution in [0.5, 0.6) is 0 Å². The first-order valence-electron chi connectivity index (χ1n) is 5.86. The topological polar surface area (TPSA) is 51.6 Å². The lowest BCUT2D eigenvalue weighted by Gasteiger charge is -1.95. The fourth-order valence-electron chi connectivity index (χ4n) is 1.84. The summed E-state index contributed by atoms with van der Waals surface area (Å²) in [4.78, 5) is 18.6. The molecule has 0 aromatic carbocycles. The molecular formula is C13H12N4S2. The van der Waals surface area contributed by atoms with Gasteiger partial charge in [0.15, 0.2) is 0 Å². The van der Waals surface area contributed by atoms with E-state index in [-0.39, 0.29) is 0 Å². The van der Waals surface area contributed by atoms with Gasteiger partial charge in [-0.2, -0.15) is 0 Å². The summed E-state index contributed by atoms with van der Waals surface area (Å²) in [6.45, 7) is 4.05. The van der Waals surface area contributed by atoms with Gasteiger partial charge in [-0.15, -0.1) is 22.7 Å². The second kappa shape index (κ2) is 5.14. The average Bonchev–Trinajstić information content (AvgIpc) is 2.97. The molecular weight excluding hydrogens is 276 g/mol. The number of rotatable bonds is 3. The molecule has 96 valence electrons. The predicted molar refractivity (Wildman–Crippen MR) is 77.5 cm³/mol. The van der Waals surface area contributed by atoms with Crippen molar-refractivity contribution in [1.82, 2.24) is 19.9 Å². The summed E-state index contributed by atoms with van der Waals surface area (Å²) in [6.07, 6.45) is 5.90. The maximum Gasteiger partial charge on any atom is 0.0993 e. The van der Waals surface area contributed by atoms with E-state index in [1.807, 2.05) is 13.8 Å². The van der Waals surface area contributed by atoms with E-state index in [9.17, 15) is 0 Å². The molecule has 0 N–H and O–H groups in total. The molecule has 0 aliphatic heterocycles. The van der Waals surface area contributed by atoms with Gasteiger partial charge in [0.1, 0.15) is 0 Å². The van der Waals surface area contributed by atoms with Gasteiger partial charge < -0.3 is 0 Å². The van der Waals surface area contributed by atoms with E-state index in [1.165, 1.54) is 4.88 Å². The Labute approximate surface area is 119 Å². The zero-order chi connectivity index (χ0) is 13.2. The Morgan fingerprint density at radius 1 is 1.16 bits per heavy atom. The predicted octanol–water partition coefficient (Wildman–Crippen LogP) is 3.26. The van der Waals surface area contributed by atoms with E-state index in [1.54, 1.807) is 41.3 Å². The van der Waals surface area contributed by atoms with Gasteiger partial charge in [0.25, 0.3) is 0 Å². The average molecular weight is 288 g/mol. The lowest BCUT2D eigenvalue weighted by atomic mass is 10.3. The summed E-state index contributed by atoms with van der Waals surface area (Å²) in [5, 5.41) is 4.22. The first-order chi connectivity index (χ1) is 9.22. The lowest BCUT2D eigenvalue weighted by Crippen LogP contribution is -1.91. The van der Waals surface area contributed by atoms with Gasteiger partial charge in [0, 0.05) is 30.4 Å². The van der Waals surface area contributed by atoms with Crippen LogP contribution >= 0.6 is 22.7 Å². The molecule has 3 rings (SSSR count). The first-order valence-corrected chi connectivity index (χ1v) is 7.55. The van der Waals surface area contributed by atoms with Crippen LogP contribution in [0.2, 0.25) is 0 Å². The SMILES string of the molecule is Cc1nc(C)c(-c2csc(Cc3cnccn3)n2)s1. The number of aromatic nitrogens is 4.